The second-order valence-electron chi connectivity index (χ2n) is 5.59. The average Bonchev–Trinajstić information content (AvgIpc) is 3.25. The molecule has 0 spiro atoms. The standard InChI is InChI=1S/C16H20ClN3O/c1-18-16(21)6-7-20-10-11(9-19-13-3-4-13)14-5-2-12(17)8-15(14)20/h2,5,8,10,13,19H,3-4,6-7,9H2,1H3,(H,18,21). The van der Waals surface area contributed by atoms with Crippen molar-refractivity contribution < 1.29 is 4.79 Å². The molecule has 1 fully saturated rings. The third-order valence-electron chi connectivity index (χ3n) is 3.94. The van der Waals surface area contributed by atoms with Crippen molar-refractivity contribution in [3.05, 3.63) is 35.0 Å². The van der Waals surface area contributed by atoms with Crippen LogP contribution in [0.2, 0.25) is 5.02 Å². The quantitative estimate of drug-likeness (QED) is 0.862. The number of fused-ring (bicyclic) bond motifs is 1. The van der Waals surface area contributed by atoms with Gasteiger partial charge in [0.15, 0.2) is 0 Å². The highest BCUT2D eigenvalue weighted by molar-refractivity contribution is 6.31. The van der Waals surface area contributed by atoms with Gasteiger partial charge in [-0.25, -0.2) is 0 Å². The van der Waals surface area contributed by atoms with Gasteiger partial charge in [-0.15, -0.1) is 0 Å². The summed E-state index contributed by atoms with van der Waals surface area (Å²) in [5.41, 5.74) is 2.37. The maximum absolute atomic E-state index is 11.5. The van der Waals surface area contributed by atoms with Gasteiger partial charge < -0.3 is 15.2 Å². The lowest BCUT2D eigenvalue weighted by Crippen LogP contribution is -2.19. The maximum atomic E-state index is 11.5. The molecule has 0 unspecified atom stereocenters. The van der Waals surface area contributed by atoms with Crippen molar-refractivity contribution in [2.75, 3.05) is 7.05 Å². The molecule has 1 heterocycles. The van der Waals surface area contributed by atoms with E-state index in [-0.39, 0.29) is 5.91 Å². The summed E-state index contributed by atoms with van der Waals surface area (Å²) in [5.74, 6) is 0.0523. The van der Waals surface area contributed by atoms with Gasteiger partial charge in [0.1, 0.15) is 0 Å². The van der Waals surface area contributed by atoms with Gasteiger partial charge in [0.25, 0.3) is 0 Å². The number of rotatable bonds is 6. The normalized spacial score (nSPS) is 14.6. The zero-order chi connectivity index (χ0) is 14.8. The molecular formula is C16H20ClN3O. The van der Waals surface area contributed by atoms with E-state index in [1.54, 1.807) is 7.05 Å². The van der Waals surface area contributed by atoms with E-state index in [1.807, 2.05) is 12.1 Å². The van der Waals surface area contributed by atoms with Gasteiger partial charge in [0, 0.05) is 54.7 Å². The van der Waals surface area contributed by atoms with Crippen LogP contribution in [0.4, 0.5) is 0 Å². The zero-order valence-corrected chi connectivity index (χ0v) is 12.9. The van der Waals surface area contributed by atoms with Gasteiger partial charge in [0.2, 0.25) is 5.91 Å². The summed E-state index contributed by atoms with van der Waals surface area (Å²) in [6.07, 6.45) is 5.17. The lowest BCUT2D eigenvalue weighted by molar-refractivity contribution is -0.120. The van der Waals surface area contributed by atoms with Crippen LogP contribution in [0.5, 0.6) is 0 Å². The van der Waals surface area contributed by atoms with E-state index in [0.717, 1.165) is 17.1 Å². The lowest BCUT2D eigenvalue weighted by atomic mass is 10.2. The number of benzene rings is 1. The van der Waals surface area contributed by atoms with Crippen LogP contribution in [0.15, 0.2) is 24.4 Å². The summed E-state index contributed by atoms with van der Waals surface area (Å²) in [5, 5.41) is 8.14. The Labute approximate surface area is 129 Å². The van der Waals surface area contributed by atoms with Crippen molar-refractivity contribution in [1.29, 1.82) is 0 Å². The molecule has 5 heteroatoms. The van der Waals surface area contributed by atoms with Crippen LogP contribution in [0, 0.1) is 0 Å². The summed E-state index contributed by atoms with van der Waals surface area (Å²) in [7, 11) is 1.66. The van der Waals surface area contributed by atoms with Crippen LogP contribution < -0.4 is 10.6 Å². The molecule has 1 saturated carbocycles. The Morgan fingerprint density at radius 2 is 2.24 bits per heavy atom. The first kappa shape index (κ1) is 14.4. The van der Waals surface area contributed by atoms with Crippen molar-refractivity contribution in [1.82, 2.24) is 15.2 Å². The highest BCUT2D eigenvalue weighted by Crippen LogP contribution is 2.26. The van der Waals surface area contributed by atoms with Gasteiger partial charge in [-0.3, -0.25) is 4.79 Å². The smallest absolute Gasteiger partial charge is 0.221 e. The molecule has 112 valence electrons. The first-order valence-electron chi connectivity index (χ1n) is 7.38. The average molecular weight is 306 g/mol. The number of nitrogens with zero attached hydrogens (tertiary/aromatic N) is 1. The predicted molar refractivity (Wildman–Crippen MR) is 85.5 cm³/mol. The van der Waals surface area contributed by atoms with Crippen LogP contribution in [0.25, 0.3) is 10.9 Å². The van der Waals surface area contributed by atoms with Crippen LogP contribution >= 0.6 is 11.6 Å². The molecule has 1 aromatic heterocycles. The molecule has 1 aromatic carbocycles. The topological polar surface area (TPSA) is 46.1 Å². The highest BCUT2D eigenvalue weighted by Gasteiger charge is 2.21. The Balaban J connectivity index is 1.85. The van der Waals surface area contributed by atoms with E-state index in [4.69, 9.17) is 11.6 Å². The number of hydrogen-bond acceptors (Lipinski definition) is 2. The van der Waals surface area contributed by atoms with E-state index in [9.17, 15) is 4.79 Å². The minimum Gasteiger partial charge on any atom is -0.359 e. The largest absolute Gasteiger partial charge is 0.359 e. The Hall–Kier alpha value is -1.52. The van der Waals surface area contributed by atoms with E-state index in [0.29, 0.717) is 19.0 Å². The summed E-state index contributed by atoms with van der Waals surface area (Å²) in [6.45, 7) is 1.54. The molecule has 0 atom stereocenters. The van der Waals surface area contributed by atoms with E-state index in [1.165, 1.54) is 23.8 Å². The van der Waals surface area contributed by atoms with Crippen molar-refractivity contribution in [2.24, 2.45) is 0 Å². The van der Waals surface area contributed by atoms with E-state index >= 15 is 0 Å². The number of carbonyl (C=O) groups is 1. The monoisotopic (exact) mass is 305 g/mol. The molecule has 1 aliphatic carbocycles. The molecule has 1 aliphatic rings. The van der Waals surface area contributed by atoms with E-state index in [2.05, 4.69) is 27.5 Å². The summed E-state index contributed by atoms with van der Waals surface area (Å²) < 4.78 is 2.13. The molecule has 4 nitrogen and oxygen atoms in total. The number of amides is 1. The molecule has 0 radical (unpaired) electrons. The second kappa shape index (κ2) is 6.08. The molecular weight excluding hydrogens is 286 g/mol. The van der Waals surface area contributed by atoms with Gasteiger partial charge in [-0.1, -0.05) is 17.7 Å². The van der Waals surface area contributed by atoms with Gasteiger partial charge in [0.05, 0.1) is 0 Å². The zero-order valence-electron chi connectivity index (χ0n) is 12.2. The number of nitrogens with one attached hydrogen (secondary N) is 2. The Morgan fingerprint density at radius 1 is 1.43 bits per heavy atom. The lowest BCUT2D eigenvalue weighted by Gasteiger charge is -2.04. The third-order valence-corrected chi connectivity index (χ3v) is 4.18. The number of aromatic nitrogens is 1. The fourth-order valence-electron chi connectivity index (χ4n) is 2.56. The van der Waals surface area contributed by atoms with Crippen LogP contribution in [-0.2, 0) is 17.9 Å². The first-order valence-corrected chi connectivity index (χ1v) is 7.76. The molecule has 1 amide bonds. The molecule has 2 N–H and O–H groups in total. The second-order valence-corrected chi connectivity index (χ2v) is 6.02. The summed E-state index contributed by atoms with van der Waals surface area (Å²) in [6, 6.07) is 6.65. The molecule has 0 aliphatic heterocycles. The number of aryl methyl sites for hydroxylation is 1. The fourth-order valence-corrected chi connectivity index (χ4v) is 2.72. The van der Waals surface area contributed by atoms with Crippen LogP contribution in [0.1, 0.15) is 24.8 Å². The Kier molecular flexibility index (Phi) is 4.17. The summed E-state index contributed by atoms with van der Waals surface area (Å²) in [4.78, 5) is 11.5. The number of carbonyl (C=O) groups excluding carboxylic acids is 1. The Morgan fingerprint density at radius 3 is 2.95 bits per heavy atom. The van der Waals surface area contributed by atoms with E-state index < -0.39 is 0 Å². The molecule has 0 saturated heterocycles. The van der Waals surface area contributed by atoms with Crippen molar-refractivity contribution in [3.8, 4) is 0 Å². The third kappa shape index (κ3) is 3.39. The minimum atomic E-state index is 0.0523. The number of hydrogen-bond donors (Lipinski definition) is 2. The van der Waals surface area contributed by atoms with Gasteiger partial charge >= 0.3 is 0 Å². The summed E-state index contributed by atoms with van der Waals surface area (Å²) >= 11 is 6.12. The molecule has 0 bridgehead atoms. The van der Waals surface area contributed by atoms with Crippen molar-refractivity contribution in [2.45, 2.75) is 38.4 Å². The SMILES string of the molecule is CNC(=O)CCn1cc(CNC2CC2)c2ccc(Cl)cc21. The van der Waals surface area contributed by atoms with Crippen molar-refractivity contribution in [3.63, 3.8) is 0 Å². The van der Waals surface area contributed by atoms with Gasteiger partial charge in [-0.05, 0) is 30.5 Å². The van der Waals surface area contributed by atoms with Gasteiger partial charge in [-0.2, -0.15) is 0 Å². The maximum Gasteiger partial charge on any atom is 0.221 e. The van der Waals surface area contributed by atoms with Crippen molar-refractivity contribution >= 4 is 28.4 Å². The molecule has 2 aromatic rings. The van der Waals surface area contributed by atoms with Crippen LogP contribution in [-0.4, -0.2) is 23.6 Å². The minimum absolute atomic E-state index is 0.0523. The first-order chi connectivity index (χ1) is 10.2. The predicted octanol–water partition coefficient (Wildman–Crippen LogP) is 2.68. The highest BCUT2D eigenvalue weighted by atomic mass is 35.5. The number of halogens is 1. The Bertz CT molecular complexity index is 661. The fraction of sp³-hybridized carbons (Fsp3) is 0.438. The van der Waals surface area contributed by atoms with Crippen LogP contribution in [0.3, 0.4) is 0 Å². The molecule has 3 rings (SSSR count). The molecule has 21 heavy (non-hydrogen) atoms.